The highest BCUT2D eigenvalue weighted by Gasteiger charge is 2.49. The van der Waals surface area contributed by atoms with E-state index in [0.717, 1.165) is 69.5 Å². The van der Waals surface area contributed by atoms with Crippen molar-refractivity contribution < 1.29 is 19.5 Å². The van der Waals surface area contributed by atoms with Gasteiger partial charge in [-0.05, 0) is 120 Å². The van der Waals surface area contributed by atoms with Crippen LogP contribution in [0.2, 0.25) is 0 Å². The minimum absolute atomic E-state index is 0.0780. The number of carbonyl (C=O) groups is 3. The second-order valence-corrected chi connectivity index (χ2v) is 16.8. The molecular weight excluding hydrogens is 661 g/mol. The summed E-state index contributed by atoms with van der Waals surface area (Å²) >= 11 is 0. The first-order valence-electron chi connectivity index (χ1n) is 19.5. The fourth-order valence-corrected chi connectivity index (χ4v) is 10.9. The van der Waals surface area contributed by atoms with Gasteiger partial charge in [-0.25, -0.2) is 0 Å². The Morgan fingerprint density at radius 1 is 0.774 bits per heavy atom. The second-order valence-electron chi connectivity index (χ2n) is 16.8. The van der Waals surface area contributed by atoms with Gasteiger partial charge in [0.2, 0.25) is 11.8 Å². The maximum absolute atomic E-state index is 13.4. The Morgan fingerprint density at radius 2 is 1.57 bits per heavy atom. The molecule has 4 heterocycles. The number of hydrogen-bond acceptors (Lipinski definition) is 6. The van der Waals surface area contributed by atoms with Crippen molar-refractivity contribution in [1.82, 2.24) is 15.1 Å². The predicted octanol–water partition coefficient (Wildman–Crippen LogP) is 5.94. The van der Waals surface area contributed by atoms with E-state index in [-0.39, 0.29) is 35.5 Å². The first-order valence-corrected chi connectivity index (χ1v) is 19.5. The highest BCUT2D eigenvalue weighted by Crippen LogP contribution is 2.48. The molecule has 0 radical (unpaired) electrons. The number of imide groups is 1. The monoisotopic (exact) mass is 706 g/mol. The number of phenols is 1. The molecule has 0 bridgehead atoms. The molecule has 270 valence electrons. The van der Waals surface area contributed by atoms with Crippen LogP contribution in [-0.2, 0) is 35.4 Å². The lowest BCUT2D eigenvalue weighted by atomic mass is 9.69. The van der Waals surface area contributed by atoms with E-state index in [1.54, 1.807) is 4.90 Å². The van der Waals surface area contributed by atoms with Crippen molar-refractivity contribution >= 4 is 23.4 Å². The second kappa shape index (κ2) is 12.6. The molecule has 2 N–H and O–H groups in total. The molecule has 3 fully saturated rings. The number of amides is 3. The number of fused-ring (bicyclic) bond motifs is 3. The SMILES string of the molecule is O=C1CCC(N2Cc3cc4c(cc3C2=O)CC2(C4)CN(CC3CCN(c4ccc(C5c6ccc(O)cc6CCC5c5ccccc5)cc4)C3)C2)C(=O)N1. The highest BCUT2D eigenvalue weighted by atomic mass is 16.3. The molecule has 8 heteroatoms. The van der Waals surface area contributed by atoms with Crippen LogP contribution in [0.25, 0.3) is 0 Å². The van der Waals surface area contributed by atoms with Gasteiger partial charge < -0.3 is 19.8 Å². The molecule has 53 heavy (non-hydrogen) atoms. The van der Waals surface area contributed by atoms with Gasteiger partial charge in [-0.1, -0.05) is 54.6 Å². The Hall–Kier alpha value is -4.95. The van der Waals surface area contributed by atoms with Crippen LogP contribution in [0.4, 0.5) is 5.69 Å². The number of aryl methyl sites for hydroxylation is 1. The van der Waals surface area contributed by atoms with Gasteiger partial charge in [0.05, 0.1) is 0 Å². The third-order valence-corrected chi connectivity index (χ3v) is 13.3. The van der Waals surface area contributed by atoms with Crippen LogP contribution in [0.15, 0.2) is 84.9 Å². The molecule has 4 aromatic rings. The third-order valence-electron chi connectivity index (χ3n) is 13.3. The van der Waals surface area contributed by atoms with Crippen molar-refractivity contribution in [3.63, 3.8) is 0 Å². The van der Waals surface area contributed by atoms with Gasteiger partial charge in [0.15, 0.2) is 0 Å². The normalized spacial score (nSPS) is 26.0. The summed E-state index contributed by atoms with van der Waals surface area (Å²) in [5.74, 6) is 0.976. The summed E-state index contributed by atoms with van der Waals surface area (Å²) < 4.78 is 0. The molecule has 6 aliphatic rings. The number of nitrogens with zero attached hydrogens (tertiary/aromatic N) is 3. The van der Waals surface area contributed by atoms with Crippen molar-refractivity contribution in [2.75, 3.05) is 37.6 Å². The fraction of sp³-hybridized carbons (Fsp3) is 0.400. The van der Waals surface area contributed by atoms with Crippen molar-refractivity contribution in [2.45, 2.75) is 69.4 Å². The first-order chi connectivity index (χ1) is 25.8. The molecule has 4 aliphatic heterocycles. The smallest absolute Gasteiger partial charge is 0.255 e. The maximum Gasteiger partial charge on any atom is 0.255 e. The van der Waals surface area contributed by atoms with Crippen LogP contribution in [0.1, 0.15) is 86.8 Å². The zero-order valence-corrected chi connectivity index (χ0v) is 30.1. The average molecular weight is 707 g/mol. The number of benzene rings is 4. The molecule has 4 unspecified atom stereocenters. The summed E-state index contributed by atoms with van der Waals surface area (Å²) in [6.45, 7) is 5.96. The van der Waals surface area contributed by atoms with Crippen molar-refractivity contribution in [1.29, 1.82) is 0 Å². The van der Waals surface area contributed by atoms with E-state index in [2.05, 4.69) is 87.9 Å². The predicted molar refractivity (Wildman–Crippen MR) is 203 cm³/mol. The molecule has 10 rings (SSSR count). The number of likely N-dealkylation sites (tertiary alicyclic amines) is 1. The van der Waals surface area contributed by atoms with Crippen LogP contribution in [0.3, 0.4) is 0 Å². The summed E-state index contributed by atoms with van der Waals surface area (Å²) in [6.07, 6.45) is 5.99. The number of carbonyl (C=O) groups excluding carboxylic acids is 3. The van der Waals surface area contributed by atoms with Crippen molar-refractivity contribution in [2.24, 2.45) is 11.3 Å². The summed E-state index contributed by atoms with van der Waals surface area (Å²) in [5.41, 5.74) is 11.3. The van der Waals surface area contributed by atoms with Crippen LogP contribution >= 0.6 is 0 Å². The Labute approximate surface area is 310 Å². The lowest BCUT2D eigenvalue weighted by Gasteiger charge is -2.49. The van der Waals surface area contributed by atoms with Gasteiger partial charge >= 0.3 is 0 Å². The van der Waals surface area contributed by atoms with Gasteiger partial charge in [0.1, 0.15) is 11.8 Å². The van der Waals surface area contributed by atoms with Gasteiger partial charge in [-0.3, -0.25) is 19.7 Å². The third kappa shape index (κ3) is 5.73. The Bertz CT molecular complexity index is 2120. The van der Waals surface area contributed by atoms with Crippen molar-refractivity contribution in [3.05, 3.63) is 129 Å². The lowest BCUT2D eigenvalue weighted by Crippen LogP contribution is -2.58. The van der Waals surface area contributed by atoms with E-state index in [1.807, 2.05) is 12.1 Å². The summed E-state index contributed by atoms with van der Waals surface area (Å²) in [7, 11) is 0. The van der Waals surface area contributed by atoms with Crippen molar-refractivity contribution in [3.8, 4) is 5.75 Å². The Kier molecular flexibility index (Phi) is 7.76. The number of phenolic OH excluding ortho intramolecular Hbond substituents is 1. The van der Waals surface area contributed by atoms with E-state index >= 15 is 0 Å². The number of anilines is 1. The molecule has 0 aromatic heterocycles. The topological polar surface area (TPSA) is 93.2 Å². The van der Waals surface area contributed by atoms with Crippen LogP contribution in [-0.4, -0.2) is 71.4 Å². The number of piperidine rings is 1. The number of rotatable bonds is 6. The number of nitrogens with one attached hydrogen (secondary N) is 1. The molecular formula is C45H46N4O4. The molecule has 8 nitrogen and oxygen atoms in total. The Morgan fingerprint density at radius 3 is 2.36 bits per heavy atom. The molecule has 2 aliphatic carbocycles. The minimum Gasteiger partial charge on any atom is -0.508 e. The van der Waals surface area contributed by atoms with Crippen LogP contribution in [0.5, 0.6) is 5.75 Å². The molecule has 1 spiro atoms. The first kappa shape index (κ1) is 32.7. The fourth-order valence-electron chi connectivity index (χ4n) is 10.9. The van der Waals surface area contributed by atoms with Crippen LogP contribution < -0.4 is 10.2 Å². The average Bonchev–Trinajstić information content (AvgIpc) is 3.86. The quantitative estimate of drug-likeness (QED) is 0.241. The van der Waals surface area contributed by atoms with Gasteiger partial charge in [-0.15, -0.1) is 0 Å². The van der Waals surface area contributed by atoms with E-state index < -0.39 is 6.04 Å². The molecule has 3 amide bonds. The van der Waals surface area contributed by atoms with E-state index in [1.165, 1.54) is 45.5 Å². The molecule has 3 saturated heterocycles. The molecule has 4 atom stereocenters. The van der Waals surface area contributed by atoms with E-state index in [9.17, 15) is 19.5 Å². The van der Waals surface area contributed by atoms with Gasteiger partial charge in [0, 0.05) is 68.3 Å². The Balaban J connectivity index is 0.762. The standard InChI is InChI=1S/C45H46N4O4/c50-36-11-13-38-31(19-36)8-12-37(29-4-2-1-3-5-29)42(38)30-6-9-35(10-7-30)48-17-16-28(24-48)23-47-26-45(27-47)21-32-18-34-25-49(40-14-15-41(51)46-43(40)52)44(53)39(34)20-33(32)22-45/h1-7,9-11,13,18-20,28,37,40,42,50H,8,12,14-17,21-27H2,(H,46,51,52). The largest absolute Gasteiger partial charge is 0.508 e. The summed E-state index contributed by atoms with van der Waals surface area (Å²) in [5, 5.41) is 12.6. The minimum atomic E-state index is -0.566. The van der Waals surface area contributed by atoms with Gasteiger partial charge in [0.25, 0.3) is 5.91 Å². The zero-order chi connectivity index (χ0) is 35.8. The van der Waals surface area contributed by atoms with Crippen LogP contribution in [0, 0.1) is 11.3 Å². The lowest BCUT2D eigenvalue weighted by molar-refractivity contribution is -0.136. The number of hydrogen-bond donors (Lipinski definition) is 2. The zero-order valence-electron chi connectivity index (χ0n) is 30.1. The maximum atomic E-state index is 13.4. The molecule has 4 aromatic carbocycles. The summed E-state index contributed by atoms with van der Waals surface area (Å²) in [4.78, 5) is 44.4. The summed E-state index contributed by atoms with van der Waals surface area (Å²) in [6, 6.07) is 30.0. The molecule has 0 saturated carbocycles. The van der Waals surface area contributed by atoms with E-state index in [4.69, 9.17) is 0 Å². The van der Waals surface area contributed by atoms with E-state index in [0.29, 0.717) is 30.6 Å². The highest BCUT2D eigenvalue weighted by molar-refractivity contribution is 6.05. The number of aromatic hydroxyl groups is 1. The van der Waals surface area contributed by atoms with Gasteiger partial charge in [-0.2, -0.15) is 0 Å².